The molecule has 0 amide bonds. The molecule has 2 rings (SSSR count). The van der Waals surface area contributed by atoms with Gasteiger partial charge in [-0.1, -0.05) is 0 Å². The van der Waals surface area contributed by atoms with Gasteiger partial charge in [-0.2, -0.15) is 5.26 Å². The van der Waals surface area contributed by atoms with E-state index in [1.807, 2.05) is 12.1 Å². The van der Waals surface area contributed by atoms with Crippen molar-refractivity contribution in [2.24, 2.45) is 0 Å². The molecule has 0 aliphatic carbocycles. The van der Waals surface area contributed by atoms with Crippen LogP contribution in [0.5, 0.6) is 0 Å². The lowest BCUT2D eigenvalue weighted by Gasteiger charge is -2.33. The summed E-state index contributed by atoms with van der Waals surface area (Å²) >= 11 is 0. The number of anilines is 1. The maximum atomic E-state index is 12.5. The third-order valence-corrected chi connectivity index (χ3v) is 2.67. The molecule has 0 N–H and O–H groups in total. The molecule has 16 heavy (non-hydrogen) atoms. The van der Waals surface area contributed by atoms with Crippen LogP contribution in [0.4, 0.5) is 10.1 Å². The molecule has 1 atom stereocenters. The number of hydrogen-bond donors (Lipinski definition) is 0. The van der Waals surface area contributed by atoms with Crippen LogP contribution in [0, 0.1) is 11.3 Å². The van der Waals surface area contributed by atoms with E-state index in [1.165, 1.54) is 0 Å². The average Bonchev–Trinajstić information content (AvgIpc) is 2.39. The number of morpholine rings is 1. The molecule has 0 bridgehead atoms. The molecule has 4 heteroatoms. The first-order valence-corrected chi connectivity index (χ1v) is 5.26. The number of benzene rings is 1. The van der Waals surface area contributed by atoms with E-state index in [1.54, 1.807) is 12.1 Å². The van der Waals surface area contributed by atoms with Crippen LogP contribution in [0.2, 0.25) is 0 Å². The van der Waals surface area contributed by atoms with Gasteiger partial charge in [-0.25, -0.2) is 4.39 Å². The highest BCUT2D eigenvalue weighted by Gasteiger charge is 2.20. The highest BCUT2D eigenvalue weighted by Crippen LogP contribution is 2.18. The van der Waals surface area contributed by atoms with Gasteiger partial charge in [0.2, 0.25) is 0 Å². The summed E-state index contributed by atoms with van der Waals surface area (Å²) in [4.78, 5) is 2.08. The second kappa shape index (κ2) is 4.95. The second-order valence-corrected chi connectivity index (χ2v) is 3.75. The van der Waals surface area contributed by atoms with E-state index >= 15 is 0 Å². The topological polar surface area (TPSA) is 36.3 Å². The third-order valence-electron chi connectivity index (χ3n) is 2.67. The quantitative estimate of drug-likeness (QED) is 0.761. The standard InChI is InChI=1S/C12H13FN2O/c13-7-12-9-15(5-6-16-12)11-3-1-10(8-14)2-4-11/h1-4,12H,5-7,9H2/t12-/m0/s1. The Balaban J connectivity index is 2.08. The molecule has 0 unspecified atom stereocenters. The fourth-order valence-corrected chi connectivity index (χ4v) is 1.79. The SMILES string of the molecule is N#Cc1ccc(N2CCO[C@@H](CF)C2)cc1. The Labute approximate surface area is 94.0 Å². The number of hydrogen-bond acceptors (Lipinski definition) is 3. The van der Waals surface area contributed by atoms with Crippen molar-refractivity contribution in [3.05, 3.63) is 29.8 Å². The van der Waals surface area contributed by atoms with E-state index < -0.39 is 6.67 Å². The van der Waals surface area contributed by atoms with Crippen molar-refractivity contribution < 1.29 is 9.13 Å². The summed E-state index contributed by atoms with van der Waals surface area (Å²) in [7, 11) is 0. The van der Waals surface area contributed by atoms with Crippen molar-refractivity contribution in [1.29, 1.82) is 5.26 Å². The van der Waals surface area contributed by atoms with E-state index in [0.717, 1.165) is 12.2 Å². The van der Waals surface area contributed by atoms with Gasteiger partial charge >= 0.3 is 0 Å². The van der Waals surface area contributed by atoms with Gasteiger partial charge in [-0.15, -0.1) is 0 Å². The smallest absolute Gasteiger partial charge is 0.117 e. The molecule has 3 nitrogen and oxygen atoms in total. The number of halogens is 1. The molecular formula is C12H13FN2O. The van der Waals surface area contributed by atoms with Crippen LogP contribution in [0.15, 0.2) is 24.3 Å². The first kappa shape index (κ1) is 10.9. The predicted molar refractivity (Wildman–Crippen MR) is 59.1 cm³/mol. The molecule has 0 saturated carbocycles. The molecule has 1 aliphatic rings. The van der Waals surface area contributed by atoms with Crippen LogP contribution in [0.25, 0.3) is 0 Å². The van der Waals surface area contributed by atoms with Gasteiger partial charge in [0, 0.05) is 18.8 Å². The molecule has 1 saturated heterocycles. The zero-order valence-electron chi connectivity index (χ0n) is 8.90. The summed E-state index contributed by atoms with van der Waals surface area (Å²) in [6, 6.07) is 9.40. The lowest BCUT2D eigenvalue weighted by Crippen LogP contribution is -2.43. The number of nitrogens with zero attached hydrogens (tertiary/aromatic N) is 2. The summed E-state index contributed by atoms with van der Waals surface area (Å²) in [5.74, 6) is 0. The van der Waals surface area contributed by atoms with Crippen molar-refractivity contribution in [1.82, 2.24) is 0 Å². The zero-order chi connectivity index (χ0) is 11.4. The maximum absolute atomic E-state index is 12.5. The van der Waals surface area contributed by atoms with Crippen LogP contribution in [-0.4, -0.2) is 32.5 Å². The van der Waals surface area contributed by atoms with Crippen LogP contribution in [0.3, 0.4) is 0 Å². The maximum Gasteiger partial charge on any atom is 0.117 e. The van der Waals surface area contributed by atoms with Crippen LogP contribution in [-0.2, 0) is 4.74 Å². The van der Waals surface area contributed by atoms with E-state index in [0.29, 0.717) is 18.7 Å². The Morgan fingerprint density at radius 1 is 1.44 bits per heavy atom. The number of ether oxygens (including phenoxy) is 1. The van der Waals surface area contributed by atoms with Gasteiger partial charge < -0.3 is 9.64 Å². The Kier molecular flexibility index (Phi) is 3.37. The fourth-order valence-electron chi connectivity index (χ4n) is 1.79. The summed E-state index contributed by atoms with van der Waals surface area (Å²) < 4.78 is 17.7. The monoisotopic (exact) mass is 220 g/mol. The lowest BCUT2D eigenvalue weighted by molar-refractivity contribution is 0.0247. The fraction of sp³-hybridized carbons (Fsp3) is 0.417. The number of rotatable bonds is 2. The molecule has 84 valence electrons. The van der Waals surface area contributed by atoms with Crippen molar-refractivity contribution in [3.8, 4) is 6.07 Å². The van der Waals surface area contributed by atoms with Crippen molar-refractivity contribution >= 4 is 5.69 Å². The largest absolute Gasteiger partial charge is 0.372 e. The first-order valence-electron chi connectivity index (χ1n) is 5.26. The molecule has 0 spiro atoms. The second-order valence-electron chi connectivity index (χ2n) is 3.75. The molecule has 1 heterocycles. The molecule has 0 aromatic heterocycles. The molecule has 1 aromatic rings. The van der Waals surface area contributed by atoms with Gasteiger partial charge in [0.15, 0.2) is 0 Å². The van der Waals surface area contributed by atoms with E-state index in [2.05, 4.69) is 11.0 Å². The minimum atomic E-state index is -0.452. The predicted octanol–water partition coefficient (Wildman–Crippen LogP) is 1.73. The lowest BCUT2D eigenvalue weighted by atomic mass is 10.2. The van der Waals surface area contributed by atoms with Crippen molar-refractivity contribution in [2.45, 2.75) is 6.10 Å². The summed E-state index contributed by atoms with van der Waals surface area (Å²) in [5, 5.41) is 8.69. The average molecular weight is 220 g/mol. The van der Waals surface area contributed by atoms with Gasteiger partial charge in [0.25, 0.3) is 0 Å². The number of nitriles is 1. The third kappa shape index (κ3) is 2.31. The number of alkyl halides is 1. The molecular weight excluding hydrogens is 207 g/mol. The molecule has 1 fully saturated rings. The first-order chi connectivity index (χ1) is 7.83. The van der Waals surface area contributed by atoms with Gasteiger partial charge in [-0.3, -0.25) is 0 Å². The molecule has 0 radical (unpaired) electrons. The summed E-state index contributed by atoms with van der Waals surface area (Å²) in [6.45, 7) is 1.44. The zero-order valence-corrected chi connectivity index (χ0v) is 8.90. The molecule has 1 aliphatic heterocycles. The highest BCUT2D eigenvalue weighted by atomic mass is 19.1. The van der Waals surface area contributed by atoms with Crippen LogP contribution >= 0.6 is 0 Å². The van der Waals surface area contributed by atoms with Crippen LogP contribution in [0.1, 0.15) is 5.56 Å². The van der Waals surface area contributed by atoms with Crippen molar-refractivity contribution in [3.63, 3.8) is 0 Å². The minimum absolute atomic E-state index is 0.329. The van der Waals surface area contributed by atoms with Crippen LogP contribution < -0.4 is 4.90 Å². The van der Waals surface area contributed by atoms with Gasteiger partial charge in [0.1, 0.15) is 12.8 Å². The minimum Gasteiger partial charge on any atom is -0.372 e. The Morgan fingerprint density at radius 3 is 2.81 bits per heavy atom. The van der Waals surface area contributed by atoms with Crippen molar-refractivity contribution in [2.75, 3.05) is 31.3 Å². The van der Waals surface area contributed by atoms with E-state index in [9.17, 15) is 4.39 Å². The Morgan fingerprint density at radius 2 is 2.19 bits per heavy atom. The van der Waals surface area contributed by atoms with E-state index in [4.69, 9.17) is 10.00 Å². The van der Waals surface area contributed by atoms with E-state index in [-0.39, 0.29) is 6.10 Å². The summed E-state index contributed by atoms with van der Waals surface area (Å²) in [6.07, 6.45) is -0.329. The summed E-state index contributed by atoms with van der Waals surface area (Å²) in [5.41, 5.74) is 1.65. The normalized spacial score (nSPS) is 20.5. The van der Waals surface area contributed by atoms with Gasteiger partial charge in [0.05, 0.1) is 18.2 Å². The highest BCUT2D eigenvalue weighted by molar-refractivity contribution is 5.50. The Bertz CT molecular complexity index is 385. The molecule has 1 aromatic carbocycles. The van der Waals surface area contributed by atoms with Gasteiger partial charge in [-0.05, 0) is 24.3 Å². The Hall–Kier alpha value is -1.60.